The molecule has 0 atom stereocenters. The standard InChI is InChI=1S/C28H39BrN4O2/c1-5-19-17-21-23(24(22(19)29)35-18-27(2,3)34)30-25(20-7-13-32(4)14-8-20)31-26(21)33-15-11-28(12-16-33)9-6-10-28/h5,17,20,34H,1,6-16,18H2,2-4H3. The van der Waals surface area contributed by atoms with Crippen LogP contribution in [0.1, 0.15) is 76.1 Å². The predicted molar refractivity (Wildman–Crippen MR) is 146 cm³/mol. The van der Waals surface area contributed by atoms with Crippen molar-refractivity contribution >= 4 is 38.7 Å². The molecule has 0 radical (unpaired) electrons. The van der Waals surface area contributed by atoms with Crippen molar-refractivity contribution < 1.29 is 9.84 Å². The third-order valence-corrected chi connectivity index (χ3v) is 9.14. The highest BCUT2D eigenvalue weighted by molar-refractivity contribution is 9.10. The number of ether oxygens (including phenoxy) is 1. The monoisotopic (exact) mass is 542 g/mol. The molecule has 1 spiro atoms. The lowest BCUT2D eigenvalue weighted by Gasteiger charge is -2.48. The molecule has 0 amide bonds. The zero-order chi connectivity index (χ0) is 24.8. The first kappa shape index (κ1) is 25.0. The summed E-state index contributed by atoms with van der Waals surface area (Å²) in [6.45, 7) is 11.9. The van der Waals surface area contributed by atoms with Crippen molar-refractivity contribution in [3.05, 3.63) is 28.5 Å². The fourth-order valence-corrected chi connectivity index (χ4v) is 6.40. The number of aliphatic hydroxyl groups is 1. The van der Waals surface area contributed by atoms with E-state index in [0.29, 0.717) is 17.1 Å². The molecule has 0 bridgehead atoms. The van der Waals surface area contributed by atoms with Gasteiger partial charge in [-0.2, -0.15) is 0 Å². The average Bonchev–Trinajstić information content (AvgIpc) is 2.81. The van der Waals surface area contributed by atoms with Crippen molar-refractivity contribution in [2.24, 2.45) is 5.41 Å². The minimum absolute atomic E-state index is 0.177. The van der Waals surface area contributed by atoms with Gasteiger partial charge in [0.05, 0.1) is 10.1 Å². The molecule has 3 fully saturated rings. The van der Waals surface area contributed by atoms with E-state index in [9.17, 15) is 5.11 Å². The Morgan fingerprint density at radius 3 is 2.43 bits per heavy atom. The number of nitrogens with zero attached hydrogens (tertiary/aromatic N) is 4. The van der Waals surface area contributed by atoms with Crippen LogP contribution >= 0.6 is 15.9 Å². The number of hydrogen-bond donors (Lipinski definition) is 1. The van der Waals surface area contributed by atoms with Crippen LogP contribution in [0.3, 0.4) is 0 Å². The first-order valence-corrected chi connectivity index (χ1v) is 13.9. The minimum Gasteiger partial charge on any atom is -0.487 e. The smallest absolute Gasteiger partial charge is 0.160 e. The number of fused-ring (bicyclic) bond motifs is 1. The van der Waals surface area contributed by atoms with Gasteiger partial charge >= 0.3 is 0 Å². The molecule has 1 saturated carbocycles. The molecule has 3 heterocycles. The third-order valence-electron chi connectivity index (χ3n) is 8.32. The van der Waals surface area contributed by atoms with Gasteiger partial charge in [-0.15, -0.1) is 0 Å². The molecule has 3 aliphatic rings. The maximum atomic E-state index is 10.4. The highest BCUT2D eigenvalue weighted by Crippen LogP contribution is 2.50. The number of rotatable bonds is 6. The Morgan fingerprint density at radius 1 is 1.17 bits per heavy atom. The second kappa shape index (κ2) is 9.64. The molecule has 7 heteroatoms. The summed E-state index contributed by atoms with van der Waals surface area (Å²) in [5.74, 6) is 2.97. The van der Waals surface area contributed by atoms with Crippen molar-refractivity contribution in [1.82, 2.24) is 14.9 Å². The highest BCUT2D eigenvalue weighted by Gasteiger charge is 2.40. The molecule has 1 aromatic heterocycles. The first-order valence-electron chi connectivity index (χ1n) is 13.1. The van der Waals surface area contributed by atoms with E-state index < -0.39 is 5.60 Å². The van der Waals surface area contributed by atoms with Gasteiger partial charge in [-0.25, -0.2) is 9.97 Å². The molecule has 1 aliphatic carbocycles. The Hall–Kier alpha value is -1.70. The normalized spacial score (nSPS) is 21.3. The predicted octanol–water partition coefficient (Wildman–Crippen LogP) is 5.76. The summed E-state index contributed by atoms with van der Waals surface area (Å²) in [5.41, 5.74) is 1.40. The lowest BCUT2D eigenvalue weighted by molar-refractivity contribution is 0.0287. The highest BCUT2D eigenvalue weighted by atomic mass is 79.9. The van der Waals surface area contributed by atoms with Crippen LogP contribution in [0, 0.1) is 5.41 Å². The SMILES string of the molecule is C=Cc1cc2c(N3CCC4(CCC4)CC3)nc(C3CCN(C)CC3)nc2c(OCC(C)(C)O)c1Br. The van der Waals surface area contributed by atoms with Gasteiger partial charge in [0.2, 0.25) is 0 Å². The van der Waals surface area contributed by atoms with Crippen LogP contribution in [0.5, 0.6) is 5.75 Å². The Bertz CT molecular complexity index is 1090. The quantitative estimate of drug-likeness (QED) is 0.500. The lowest BCUT2D eigenvalue weighted by atomic mass is 9.63. The number of piperidine rings is 2. The summed E-state index contributed by atoms with van der Waals surface area (Å²) < 4.78 is 7.09. The third kappa shape index (κ3) is 5.09. The molecular formula is C28H39BrN4O2. The number of aromatic nitrogens is 2. The van der Waals surface area contributed by atoms with Gasteiger partial charge in [0.25, 0.3) is 0 Å². The van der Waals surface area contributed by atoms with Crippen LogP contribution in [0.4, 0.5) is 5.82 Å². The molecule has 5 rings (SSSR count). The van der Waals surface area contributed by atoms with E-state index in [0.717, 1.165) is 71.6 Å². The molecule has 2 aliphatic heterocycles. The Kier molecular flexibility index (Phi) is 6.88. The van der Waals surface area contributed by atoms with E-state index in [1.807, 2.05) is 6.08 Å². The van der Waals surface area contributed by atoms with Crippen molar-refractivity contribution in [3.8, 4) is 5.75 Å². The Balaban J connectivity index is 1.61. The lowest BCUT2D eigenvalue weighted by Crippen LogP contribution is -2.44. The van der Waals surface area contributed by atoms with Crippen LogP contribution in [-0.4, -0.2) is 65.4 Å². The summed E-state index contributed by atoms with van der Waals surface area (Å²) in [6, 6.07) is 2.14. The Labute approximate surface area is 217 Å². The Morgan fingerprint density at radius 2 is 1.86 bits per heavy atom. The number of halogens is 1. The minimum atomic E-state index is -0.952. The largest absolute Gasteiger partial charge is 0.487 e. The van der Waals surface area contributed by atoms with Gasteiger partial charge < -0.3 is 19.6 Å². The summed E-state index contributed by atoms with van der Waals surface area (Å²) >= 11 is 3.75. The van der Waals surface area contributed by atoms with E-state index in [4.69, 9.17) is 14.7 Å². The van der Waals surface area contributed by atoms with Crippen molar-refractivity contribution in [2.45, 2.75) is 70.3 Å². The molecule has 6 nitrogen and oxygen atoms in total. The van der Waals surface area contributed by atoms with Crippen molar-refractivity contribution in [2.75, 3.05) is 44.7 Å². The molecule has 35 heavy (non-hydrogen) atoms. The maximum absolute atomic E-state index is 10.4. The summed E-state index contributed by atoms with van der Waals surface area (Å²) in [7, 11) is 2.18. The summed E-state index contributed by atoms with van der Waals surface area (Å²) in [5, 5.41) is 11.4. The zero-order valence-corrected chi connectivity index (χ0v) is 23.0. The summed E-state index contributed by atoms with van der Waals surface area (Å²) in [6.07, 6.45) is 10.6. The molecule has 190 valence electrons. The van der Waals surface area contributed by atoms with Crippen LogP contribution in [-0.2, 0) is 0 Å². The fourth-order valence-electron chi connectivity index (χ4n) is 5.82. The van der Waals surface area contributed by atoms with Crippen LogP contribution in [0.25, 0.3) is 17.0 Å². The second-order valence-corrected chi connectivity index (χ2v) is 12.4. The van der Waals surface area contributed by atoms with Crippen molar-refractivity contribution in [3.63, 3.8) is 0 Å². The van der Waals surface area contributed by atoms with E-state index in [1.165, 1.54) is 32.1 Å². The van der Waals surface area contributed by atoms with Crippen molar-refractivity contribution in [1.29, 1.82) is 0 Å². The van der Waals surface area contributed by atoms with Crippen LogP contribution in [0.15, 0.2) is 17.1 Å². The van der Waals surface area contributed by atoms with E-state index >= 15 is 0 Å². The molecule has 0 unspecified atom stereocenters. The van der Waals surface area contributed by atoms with Gasteiger partial charge in [0.15, 0.2) is 5.75 Å². The number of anilines is 1. The molecule has 1 N–H and O–H groups in total. The van der Waals surface area contributed by atoms with E-state index in [2.05, 4.69) is 45.4 Å². The van der Waals surface area contributed by atoms with Crippen LogP contribution < -0.4 is 9.64 Å². The topological polar surface area (TPSA) is 61.7 Å². The van der Waals surface area contributed by atoms with Gasteiger partial charge in [-0.05, 0) is 105 Å². The van der Waals surface area contributed by atoms with Gasteiger partial charge in [-0.3, -0.25) is 0 Å². The molecule has 2 saturated heterocycles. The second-order valence-electron chi connectivity index (χ2n) is 11.6. The number of benzene rings is 1. The number of hydrogen-bond acceptors (Lipinski definition) is 6. The summed E-state index contributed by atoms with van der Waals surface area (Å²) in [4.78, 5) is 15.3. The van der Waals surface area contributed by atoms with Gasteiger partial charge in [0, 0.05) is 24.4 Å². The fraction of sp³-hybridized carbons (Fsp3) is 0.643. The molecule has 1 aromatic carbocycles. The molecule has 2 aromatic rings. The van der Waals surface area contributed by atoms with Crippen LogP contribution in [0.2, 0.25) is 0 Å². The van der Waals surface area contributed by atoms with E-state index in [1.54, 1.807) is 13.8 Å². The first-order chi connectivity index (χ1) is 16.7. The average molecular weight is 544 g/mol. The zero-order valence-electron chi connectivity index (χ0n) is 21.4. The van der Waals surface area contributed by atoms with Gasteiger partial charge in [0.1, 0.15) is 23.8 Å². The number of likely N-dealkylation sites (tertiary alicyclic amines) is 1. The van der Waals surface area contributed by atoms with Gasteiger partial charge in [-0.1, -0.05) is 19.1 Å². The maximum Gasteiger partial charge on any atom is 0.160 e. The molecular weight excluding hydrogens is 504 g/mol. The van der Waals surface area contributed by atoms with E-state index in [-0.39, 0.29) is 6.61 Å².